The minimum atomic E-state index is -0.984. The molecule has 0 aliphatic carbocycles. The molecule has 8 heteroatoms. The topological polar surface area (TPSA) is 72.2 Å². The number of benzene rings is 2. The summed E-state index contributed by atoms with van der Waals surface area (Å²) in [6, 6.07) is 7.16. The molecule has 1 amide bonds. The highest BCUT2D eigenvalue weighted by molar-refractivity contribution is 6.42. The van der Waals surface area contributed by atoms with Crippen LogP contribution < -0.4 is 5.32 Å². The maximum atomic E-state index is 13.7. The molecule has 0 radical (unpaired) electrons. The Morgan fingerprint density at radius 1 is 1.14 bits per heavy atom. The van der Waals surface area contributed by atoms with Crippen LogP contribution in [-0.4, -0.2) is 10.8 Å². The molecule has 0 heterocycles. The van der Waals surface area contributed by atoms with Gasteiger partial charge in [-0.25, -0.2) is 4.39 Å². The molecule has 0 saturated heterocycles. The number of rotatable bonds is 3. The Bertz CT molecular complexity index is 737. The fraction of sp³-hybridized carbons (Fsp3) is 0. The summed E-state index contributed by atoms with van der Waals surface area (Å²) in [6.45, 7) is 0. The molecule has 5 nitrogen and oxygen atoms in total. The molecule has 0 atom stereocenters. The third kappa shape index (κ3) is 3.48. The van der Waals surface area contributed by atoms with E-state index in [1.807, 2.05) is 0 Å². The maximum absolute atomic E-state index is 13.7. The average Bonchev–Trinajstić information content (AvgIpc) is 2.42. The molecular formula is C13H7Cl2FN2O3. The first kappa shape index (κ1) is 15.2. The molecule has 2 aromatic carbocycles. The van der Waals surface area contributed by atoms with Gasteiger partial charge >= 0.3 is 0 Å². The van der Waals surface area contributed by atoms with Crippen molar-refractivity contribution >= 4 is 40.5 Å². The third-order valence-corrected chi connectivity index (χ3v) is 3.32. The SMILES string of the molecule is O=C(Nc1ccc(Cl)c(Cl)c1)c1ccc([N+](=O)[O-])cc1F. The van der Waals surface area contributed by atoms with Crippen LogP contribution in [0.1, 0.15) is 10.4 Å². The van der Waals surface area contributed by atoms with E-state index in [1.165, 1.54) is 18.2 Å². The summed E-state index contributed by atoms with van der Waals surface area (Å²) in [5.74, 6) is -1.73. The molecule has 1 N–H and O–H groups in total. The molecule has 0 saturated carbocycles. The van der Waals surface area contributed by atoms with Gasteiger partial charge in [0.1, 0.15) is 5.82 Å². The van der Waals surface area contributed by atoms with Crippen molar-refractivity contribution in [1.29, 1.82) is 0 Å². The average molecular weight is 329 g/mol. The highest BCUT2D eigenvalue weighted by Gasteiger charge is 2.16. The summed E-state index contributed by atoms with van der Waals surface area (Å²) < 4.78 is 13.7. The van der Waals surface area contributed by atoms with E-state index in [-0.39, 0.29) is 10.6 Å². The third-order valence-electron chi connectivity index (χ3n) is 2.59. The lowest BCUT2D eigenvalue weighted by Gasteiger charge is -2.07. The van der Waals surface area contributed by atoms with Crippen molar-refractivity contribution in [3.63, 3.8) is 0 Å². The van der Waals surface area contributed by atoms with E-state index in [0.717, 1.165) is 12.1 Å². The zero-order valence-electron chi connectivity index (χ0n) is 10.3. The zero-order valence-corrected chi connectivity index (χ0v) is 11.8. The Labute approximate surface area is 128 Å². The number of anilines is 1. The van der Waals surface area contributed by atoms with Crippen LogP contribution in [0.15, 0.2) is 36.4 Å². The number of carbonyl (C=O) groups excluding carboxylic acids is 1. The maximum Gasteiger partial charge on any atom is 0.272 e. The van der Waals surface area contributed by atoms with Crippen LogP contribution in [-0.2, 0) is 0 Å². The van der Waals surface area contributed by atoms with Gasteiger partial charge in [-0.2, -0.15) is 0 Å². The summed E-state index contributed by atoms with van der Waals surface area (Å²) in [7, 11) is 0. The van der Waals surface area contributed by atoms with Crippen molar-refractivity contribution in [3.8, 4) is 0 Å². The van der Waals surface area contributed by atoms with Gasteiger partial charge in [-0.15, -0.1) is 0 Å². The highest BCUT2D eigenvalue weighted by atomic mass is 35.5. The minimum absolute atomic E-state index is 0.235. The Morgan fingerprint density at radius 3 is 2.43 bits per heavy atom. The van der Waals surface area contributed by atoms with Gasteiger partial charge in [-0.1, -0.05) is 23.2 Å². The number of nitrogens with zero attached hydrogens (tertiary/aromatic N) is 1. The first-order chi connectivity index (χ1) is 9.88. The monoisotopic (exact) mass is 328 g/mol. The van der Waals surface area contributed by atoms with Crippen LogP contribution in [0.2, 0.25) is 10.0 Å². The molecule has 2 aromatic rings. The summed E-state index contributed by atoms with van der Waals surface area (Å²) in [5.41, 5.74) is -0.419. The van der Waals surface area contributed by atoms with E-state index in [9.17, 15) is 19.3 Å². The number of nitrogens with one attached hydrogen (secondary N) is 1. The van der Waals surface area contributed by atoms with Crippen molar-refractivity contribution < 1.29 is 14.1 Å². The number of nitro benzene ring substituents is 1. The number of hydrogen-bond acceptors (Lipinski definition) is 3. The van der Waals surface area contributed by atoms with E-state index in [4.69, 9.17) is 23.2 Å². The predicted molar refractivity (Wildman–Crippen MR) is 77.5 cm³/mol. The molecular weight excluding hydrogens is 322 g/mol. The minimum Gasteiger partial charge on any atom is -0.322 e. The van der Waals surface area contributed by atoms with Crippen molar-refractivity contribution in [2.75, 3.05) is 5.32 Å². The van der Waals surface area contributed by atoms with Crippen LogP contribution >= 0.6 is 23.2 Å². The molecule has 0 fully saturated rings. The van der Waals surface area contributed by atoms with E-state index >= 15 is 0 Å². The van der Waals surface area contributed by atoms with Gasteiger partial charge in [0.15, 0.2) is 0 Å². The van der Waals surface area contributed by atoms with Gasteiger partial charge in [-0.05, 0) is 24.3 Å². The predicted octanol–water partition coefficient (Wildman–Crippen LogP) is 4.29. The Kier molecular flexibility index (Phi) is 4.40. The Morgan fingerprint density at radius 2 is 1.86 bits per heavy atom. The number of carbonyl (C=O) groups is 1. The van der Waals surface area contributed by atoms with Crippen LogP contribution in [0, 0.1) is 15.9 Å². The molecule has 108 valence electrons. The number of nitro groups is 1. The summed E-state index contributed by atoms with van der Waals surface area (Å²) >= 11 is 11.5. The first-order valence-electron chi connectivity index (χ1n) is 5.59. The quantitative estimate of drug-likeness (QED) is 0.674. The molecule has 0 spiro atoms. The summed E-state index contributed by atoms with van der Waals surface area (Å²) in [6.07, 6.45) is 0. The largest absolute Gasteiger partial charge is 0.322 e. The number of amides is 1. The van der Waals surface area contributed by atoms with Gasteiger partial charge < -0.3 is 5.32 Å². The second kappa shape index (κ2) is 6.07. The first-order valence-corrected chi connectivity index (χ1v) is 6.34. The molecule has 0 aliphatic rings. The number of halogens is 3. The van der Waals surface area contributed by atoms with Gasteiger partial charge in [0.05, 0.1) is 26.6 Å². The van der Waals surface area contributed by atoms with Crippen LogP contribution in [0.5, 0.6) is 0 Å². The fourth-order valence-corrected chi connectivity index (χ4v) is 1.87. The molecule has 0 aliphatic heterocycles. The Balaban J connectivity index is 2.24. The zero-order chi connectivity index (χ0) is 15.6. The van der Waals surface area contributed by atoms with Gasteiger partial charge in [-0.3, -0.25) is 14.9 Å². The highest BCUT2D eigenvalue weighted by Crippen LogP contribution is 2.25. The normalized spacial score (nSPS) is 10.2. The summed E-state index contributed by atoms with van der Waals surface area (Å²) in [4.78, 5) is 21.7. The number of non-ortho nitro benzene ring substituents is 1. The Hall–Kier alpha value is -2.18. The fourth-order valence-electron chi connectivity index (χ4n) is 1.57. The smallest absolute Gasteiger partial charge is 0.272 e. The number of hydrogen-bond donors (Lipinski definition) is 1. The van der Waals surface area contributed by atoms with Crippen molar-refractivity contribution in [2.45, 2.75) is 0 Å². The second-order valence-electron chi connectivity index (χ2n) is 4.00. The van der Waals surface area contributed by atoms with Gasteiger partial charge in [0, 0.05) is 11.8 Å². The molecule has 0 unspecified atom stereocenters. The summed E-state index contributed by atoms with van der Waals surface area (Å²) in [5, 5.41) is 13.5. The van der Waals surface area contributed by atoms with Crippen LogP contribution in [0.25, 0.3) is 0 Å². The lowest BCUT2D eigenvalue weighted by Crippen LogP contribution is -2.13. The van der Waals surface area contributed by atoms with Gasteiger partial charge in [0.2, 0.25) is 0 Å². The lowest BCUT2D eigenvalue weighted by atomic mass is 10.1. The van der Waals surface area contributed by atoms with E-state index in [2.05, 4.69) is 5.32 Å². The lowest BCUT2D eigenvalue weighted by molar-refractivity contribution is -0.385. The second-order valence-corrected chi connectivity index (χ2v) is 4.82. The molecule has 21 heavy (non-hydrogen) atoms. The van der Waals surface area contributed by atoms with Crippen molar-refractivity contribution in [1.82, 2.24) is 0 Å². The molecule has 0 bridgehead atoms. The van der Waals surface area contributed by atoms with Crippen LogP contribution in [0.3, 0.4) is 0 Å². The van der Waals surface area contributed by atoms with E-state index in [1.54, 1.807) is 0 Å². The molecule has 0 aromatic heterocycles. The van der Waals surface area contributed by atoms with Crippen LogP contribution in [0.4, 0.5) is 15.8 Å². The molecule has 2 rings (SSSR count). The van der Waals surface area contributed by atoms with Gasteiger partial charge in [0.25, 0.3) is 11.6 Å². The van der Waals surface area contributed by atoms with Crippen molar-refractivity contribution in [2.24, 2.45) is 0 Å². The standard InChI is InChI=1S/C13H7Cl2FN2O3/c14-10-4-1-7(5-11(10)15)17-13(19)9-3-2-8(18(20)21)6-12(9)16/h1-6H,(H,17,19). The van der Waals surface area contributed by atoms with E-state index < -0.39 is 22.3 Å². The van der Waals surface area contributed by atoms with Crippen molar-refractivity contribution in [3.05, 3.63) is 67.9 Å². The van der Waals surface area contributed by atoms with E-state index in [0.29, 0.717) is 16.8 Å².